The van der Waals surface area contributed by atoms with Gasteiger partial charge in [0, 0.05) is 6.26 Å². The molecule has 1 atom stereocenters. The molecule has 0 spiro atoms. The van der Waals surface area contributed by atoms with E-state index in [4.69, 9.17) is 4.74 Å². The van der Waals surface area contributed by atoms with Gasteiger partial charge >= 0.3 is 0 Å². The van der Waals surface area contributed by atoms with Crippen LogP contribution in [0, 0.1) is 0 Å². The number of hydrogen-bond acceptors (Lipinski definition) is 3. The summed E-state index contributed by atoms with van der Waals surface area (Å²) in [6, 6.07) is 3.43. The minimum atomic E-state index is -1.01. The van der Waals surface area contributed by atoms with Gasteiger partial charge in [-0.15, -0.1) is 0 Å². The van der Waals surface area contributed by atoms with Crippen molar-refractivity contribution in [2.75, 3.05) is 13.4 Å². The average molecular weight is 171 g/mol. The quantitative estimate of drug-likeness (QED) is 0.661. The molecule has 0 fully saturated rings. The van der Waals surface area contributed by atoms with E-state index in [1.54, 1.807) is 31.7 Å². The van der Waals surface area contributed by atoms with Crippen LogP contribution >= 0.6 is 0 Å². The van der Waals surface area contributed by atoms with Crippen LogP contribution in [0.1, 0.15) is 0 Å². The van der Waals surface area contributed by atoms with E-state index in [0.717, 1.165) is 0 Å². The third-order valence-electron chi connectivity index (χ3n) is 1.24. The molecule has 1 rings (SSSR count). The zero-order valence-electron chi connectivity index (χ0n) is 6.40. The Hall–Kier alpha value is -0.900. The van der Waals surface area contributed by atoms with E-state index >= 15 is 0 Å². The minimum absolute atomic E-state index is 0.575. The van der Waals surface area contributed by atoms with Crippen molar-refractivity contribution in [3.05, 3.63) is 18.3 Å². The van der Waals surface area contributed by atoms with Gasteiger partial charge < -0.3 is 4.74 Å². The molecule has 0 saturated carbocycles. The molecule has 0 aliphatic carbocycles. The van der Waals surface area contributed by atoms with E-state index in [0.29, 0.717) is 10.8 Å². The predicted molar refractivity (Wildman–Crippen MR) is 43.1 cm³/mol. The molecule has 1 aromatic rings. The molecule has 1 heterocycles. The summed E-state index contributed by atoms with van der Waals surface area (Å²) in [5.41, 5.74) is 0. The second-order valence-electron chi connectivity index (χ2n) is 1.99. The van der Waals surface area contributed by atoms with Crippen LogP contribution in [0.3, 0.4) is 0 Å². The molecule has 0 aliphatic rings. The molecule has 3 nitrogen and oxygen atoms in total. The Labute approximate surface area is 67.9 Å². The van der Waals surface area contributed by atoms with Gasteiger partial charge in [-0.05, 0) is 12.1 Å². The highest BCUT2D eigenvalue weighted by Crippen LogP contribution is 2.09. The molecule has 11 heavy (non-hydrogen) atoms. The molecule has 60 valence electrons. The highest BCUT2D eigenvalue weighted by molar-refractivity contribution is 7.84. The number of methoxy groups -OCH3 is 1. The van der Waals surface area contributed by atoms with Gasteiger partial charge in [0.25, 0.3) is 0 Å². The lowest BCUT2D eigenvalue weighted by molar-refractivity contribution is 0.412. The van der Waals surface area contributed by atoms with E-state index in [2.05, 4.69) is 4.98 Å². The molecule has 0 N–H and O–H groups in total. The molecule has 1 unspecified atom stereocenters. The maximum Gasteiger partial charge on any atom is 0.137 e. The summed E-state index contributed by atoms with van der Waals surface area (Å²) in [6.07, 6.45) is 3.14. The molecular weight excluding hydrogens is 162 g/mol. The maximum absolute atomic E-state index is 10.9. The second kappa shape index (κ2) is 3.48. The lowest BCUT2D eigenvalue weighted by atomic mass is 10.5. The van der Waals surface area contributed by atoms with Gasteiger partial charge in [0.05, 0.1) is 24.1 Å². The van der Waals surface area contributed by atoms with Gasteiger partial charge in [-0.3, -0.25) is 4.21 Å². The molecule has 1 aromatic heterocycles. The van der Waals surface area contributed by atoms with Gasteiger partial charge in [0.15, 0.2) is 0 Å². The largest absolute Gasteiger partial charge is 0.495 e. The molecule has 0 bridgehead atoms. The van der Waals surface area contributed by atoms with Gasteiger partial charge in [0.1, 0.15) is 10.8 Å². The van der Waals surface area contributed by atoms with Crippen LogP contribution in [-0.2, 0) is 10.8 Å². The molecule has 0 amide bonds. The highest BCUT2D eigenvalue weighted by atomic mass is 32.2. The van der Waals surface area contributed by atoms with E-state index in [-0.39, 0.29) is 0 Å². The van der Waals surface area contributed by atoms with Crippen molar-refractivity contribution in [3.63, 3.8) is 0 Å². The Morgan fingerprint density at radius 3 is 2.64 bits per heavy atom. The minimum Gasteiger partial charge on any atom is -0.495 e. The van der Waals surface area contributed by atoms with Crippen molar-refractivity contribution in [1.82, 2.24) is 4.98 Å². The zero-order valence-corrected chi connectivity index (χ0v) is 7.22. The fraction of sp³-hybridized carbons (Fsp3) is 0.286. The number of ether oxygens (including phenoxy) is 1. The lowest BCUT2D eigenvalue weighted by Gasteiger charge is -1.98. The molecular formula is C7H9NO2S. The first-order chi connectivity index (χ1) is 5.24. The molecule has 0 aromatic carbocycles. The van der Waals surface area contributed by atoms with Crippen molar-refractivity contribution in [2.45, 2.75) is 5.03 Å². The normalized spacial score (nSPS) is 12.5. The van der Waals surface area contributed by atoms with Crippen LogP contribution in [0.4, 0.5) is 0 Å². The fourth-order valence-corrected chi connectivity index (χ4v) is 1.12. The number of pyridine rings is 1. The van der Waals surface area contributed by atoms with Gasteiger partial charge in [-0.1, -0.05) is 0 Å². The van der Waals surface area contributed by atoms with Crippen molar-refractivity contribution in [3.8, 4) is 5.75 Å². The van der Waals surface area contributed by atoms with Crippen LogP contribution < -0.4 is 4.74 Å². The maximum atomic E-state index is 10.9. The Morgan fingerprint density at radius 1 is 1.55 bits per heavy atom. The van der Waals surface area contributed by atoms with Crippen molar-refractivity contribution < 1.29 is 8.95 Å². The summed E-state index contributed by atoms with van der Waals surface area (Å²) in [5, 5.41) is 0.575. The van der Waals surface area contributed by atoms with Crippen LogP contribution in [0.2, 0.25) is 0 Å². The summed E-state index contributed by atoms with van der Waals surface area (Å²) in [5.74, 6) is 0.680. The topological polar surface area (TPSA) is 39.2 Å². The van der Waals surface area contributed by atoms with E-state index in [1.807, 2.05) is 0 Å². The second-order valence-corrected chi connectivity index (χ2v) is 3.32. The number of rotatable bonds is 2. The van der Waals surface area contributed by atoms with Crippen molar-refractivity contribution in [1.29, 1.82) is 0 Å². The third-order valence-corrected chi connectivity index (χ3v) is 2.07. The van der Waals surface area contributed by atoms with Gasteiger partial charge in [-0.2, -0.15) is 0 Å². The summed E-state index contributed by atoms with van der Waals surface area (Å²) < 4.78 is 15.7. The summed E-state index contributed by atoms with van der Waals surface area (Å²) in [6.45, 7) is 0. The third kappa shape index (κ3) is 2.01. The Morgan fingerprint density at radius 2 is 2.27 bits per heavy atom. The smallest absolute Gasteiger partial charge is 0.137 e. The fourth-order valence-electron chi connectivity index (χ4n) is 0.658. The van der Waals surface area contributed by atoms with Crippen LogP contribution in [0.15, 0.2) is 23.4 Å². The first kappa shape index (κ1) is 8.20. The molecule has 4 heteroatoms. The number of hydrogen-bond donors (Lipinski definition) is 0. The first-order valence-corrected chi connectivity index (χ1v) is 4.63. The van der Waals surface area contributed by atoms with E-state index < -0.39 is 10.8 Å². The lowest BCUT2D eigenvalue weighted by Crippen LogP contribution is -1.92. The van der Waals surface area contributed by atoms with Crippen LogP contribution in [-0.4, -0.2) is 22.6 Å². The zero-order chi connectivity index (χ0) is 8.27. The standard InChI is InChI=1S/C7H9NO2S/c1-10-6-3-4-7(8-5-6)11(2)9/h3-5H,1-2H3. The van der Waals surface area contributed by atoms with E-state index in [9.17, 15) is 4.21 Å². The van der Waals surface area contributed by atoms with Crippen LogP contribution in [0.25, 0.3) is 0 Å². The molecule has 0 saturated heterocycles. The number of aromatic nitrogens is 1. The van der Waals surface area contributed by atoms with Gasteiger partial charge in [0.2, 0.25) is 0 Å². The highest BCUT2D eigenvalue weighted by Gasteiger charge is 1.97. The summed E-state index contributed by atoms with van der Waals surface area (Å²) in [4.78, 5) is 3.92. The molecule has 0 aliphatic heterocycles. The van der Waals surface area contributed by atoms with Crippen LogP contribution in [0.5, 0.6) is 5.75 Å². The van der Waals surface area contributed by atoms with E-state index in [1.165, 1.54) is 0 Å². The predicted octanol–water partition coefficient (Wildman–Crippen LogP) is 0.828. The van der Waals surface area contributed by atoms with Crippen molar-refractivity contribution in [2.24, 2.45) is 0 Å². The number of nitrogens with zero attached hydrogens (tertiary/aromatic N) is 1. The molecule has 0 radical (unpaired) electrons. The Balaban J connectivity index is 2.91. The van der Waals surface area contributed by atoms with Crippen molar-refractivity contribution >= 4 is 10.8 Å². The Bertz CT molecular complexity index is 258. The first-order valence-electron chi connectivity index (χ1n) is 3.07. The summed E-state index contributed by atoms with van der Waals surface area (Å²) in [7, 11) is 0.563. The summed E-state index contributed by atoms with van der Waals surface area (Å²) >= 11 is 0. The SMILES string of the molecule is COc1ccc(S(C)=O)nc1. The Kier molecular flexibility index (Phi) is 2.59. The average Bonchev–Trinajstić information content (AvgIpc) is 2.05. The monoisotopic (exact) mass is 171 g/mol. The van der Waals surface area contributed by atoms with Gasteiger partial charge in [-0.25, -0.2) is 4.98 Å².